The quantitative estimate of drug-likeness (QED) is 0.381. The summed E-state index contributed by atoms with van der Waals surface area (Å²) < 4.78 is 7.86. The molecule has 0 fully saturated rings. The molecule has 0 unspecified atom stereocenters. The van der Waals surface area contributed by atoms with Crippen LogP contribution in [0.4, 0.5) is 17.2 Å². The number of rotatable bonds is 5. The molecule has 166 valence electrons. The summed E-state index contributed by atoms with van der Waals surface area (Å²) in [4.78, 5) is 20.5. The highest BCUT2D eigenvalue weighted by Gasteiger charge is 2.09. The van der Waals surface area contributed by atoms with E-state index in [0.717, 1.165) is 27.9 Å². The van der Waals surface area contributed by atoms with Gasteiger partial charge in [0.25, 0.3) is 5.91 Å². The van der Waals surface area contributed by atoms with Crippen molar-refractivity contribution >= 4 is 39.6 Å². The fourth-order valence-corrected chi connectivity index (χ4v) is 3.48. The SMILES string of the molecule is CC#CC(=O)Nc1ccc2ncnc(Nc3ccc(Oc4ccn5cnnc5c4)c(C)c3)c2c1. The number of hydrogen-bond donors (Lipinski definition) is 2. The van der Waals surface area contributed by atoms with E-state index in [1.165, 1.54) is 6.33 Å². The fraction of sp³-hybridized carbons (Fsp3) is 0.0800. The van der Waals surface area contributed by atoms with Crippen LogP contribution in [0.5, 0.6) is 11.5 Å². The molecule has 0 saturated carbocycles. The Morgan fingerprint density at radius 3 is 2.79 bits per heavy atom. The topological polar surface area (TPSA) is 106 Å². The van der Waals surface area contributed by atoms with Gasteiger partial charge in [0.05, 0.1) is 5.52 Å². The number of hydrogen-bond acceptors (Lipinski definition) is 7. The van der Waals surface area contributed by atoms with Crippen LogP contribution in [-0.4, -0.2) is 30.5 Å². The highest BCUT2D eigenvalue weighted by atomic mass is 16.5. The number of anilines is 3. The van der Waals surface area contributed by atoms with Gasteiger partial charge in [-0.2, -0.15) is 0 Å². The van der Waals surface area contributed by atoms with Crippen LogP contribution in [0, 0.1) is 18.8 Å². The van der Waals surface area contributed by atoms with Crippen molar-refractivity contribution in [3.05, 3.63) is 72.9 Å². The fourth-order valence-electron chi connectivity index (χ4n) is 3.48. The maximum atomic E-state index is 11.8. The summed E-state index contributed by atoms with van der Waals surface area (Å²) in [5.41, 5.74) is 3.85. The van der Waals surface area contributed by atoms with Gasteiger partial charge in [0.1, 0.15) is 30.0 Å². The highest BCUT2D eigenvalue weighted by Crippen LogP contribution is 2.30. The van der Waals surface area contributed by atoms with Crippen molar-refractivity contribution in [2.45, 2.75) is 13.8 Å². The van der Waals surface area contributed by atoms with E-state index >= 15 is 0 Å². The first kappa shape index (κ1) is 20.9. The molecule has 3 aromatic heterocycles. The summed E-state index contributed by atoms with van der Waals surface area (Å²) in [5, 5.41) is 14.8. The lowest BCUT2D eigenvalue weighted by Crippen LogP contribution is -2.08. The van der Waals surface area contributed by atoms with E-state index in [0.29, 0.717) is 22.9 Å². The predicted octanol–water partition coefficient (Wildman–Crippen LogP) is 4.48. The number of nitrogens with zero attached hydrogens (tertiary/aromatic N) is 5. The predicted molar refractivity (Wildman–Crippen MR) is 129 cm³/mol. The molecule has 0 spiro atoms. The second kappa shape index (κ2) is 8.88. The van der Waals surface area contributed by atoms with Crippen LogP contribution in [0.25, 0.3) is 16.6 Å². The van der Waals surface area contributed by atoms with Gasteiger partial charge in [0.2, 0.25) is 0 Å². The van der Waals surface area contributed by atoms with Crippen molar-refractivity contribution in [3.8, 4) is 23.3 Å². The first-order valence-corrected chi connectivity index (χ1v) is 10.4. The second-order valence-corrected chi connectivity index (χ2v) is 7.45. The van der Waals surface area contributed by atoms with Gasteiger partial charge in [-0.15, -0.1) is 10.2 Å². The van der Waals surface area contributed by atoms with Crippen LogP contribution >= 0.6 is 0 Å². The molecule has 5 aromatic rings. The lowest BCUT2D eigenvalue weighted by Gasteiger charge is -2.13. The van der Waals surface area contributed by atoms with E-state index < -0.39 is 0 Å². The van der Waals surface area contributed by atoms with Crippen LogP contribution < -0.4 is 15.4 Å². The van der Waals surface area contributed by atoms with E-state index in [1.54, 1.807) is 19.3 Å². The Balaban J connectivity index is 1.39. The number of fused-ring (bicyclic) bond motifs is 2. The third-order valence-electron chi connectivity index (χ3n) is 5.07. The van der Waals surface area contributed by atoms with Gasteiger partial charge in [-0.05, 0) is 67.8 Å². The normalized spacial score (nSPS) is 10.5. The molecule has 9 nitrogen and oxygen atoms in total. The molecule has 2 N–H and O–H groups in total. The molecule has 3 heterocycles. The number of benzene rings is 2. The molecule has 0 aliphatic rings. The average Bonchev–Trinajstić information content (AvgIpc) is 3.29. The van der Waals surface area contributed by atoms with Crippen LogP contribution in [0.3, 0.4) is 0 Å². The Labute approximate surface area is 194 Å². The van der Waals surface area contributed by atoms with Gasteiger partial charge >= 0.3 is 0 Å². The number of ether oxygens (including phenoxy) is 1. The van der Waals surface area contributed by atoms with Crippen molar-refractivity contribution in [1.29, 1.82) is 0 Å². The smallest absolute Gasteiger partial charge is 0.300 e. The number of nitrogens with one attached hydrogen (secondary N) is 2. The molecule has 0 radical (unpaired) electrons. The summed E-state index contributed by atoms with van der Waals surface area (Å²) >= 11 is 0. The number of carbonyl (C=O) groups is 1. The zero-order chi connectivity index (χ0) is 23.5. The molecule has 0 saturated heterocycles. The standard InChI is InChI=1S/C25H19N7O2/c1-3-4-24(33)29-18-5-7-21-20(12-18)25(27-14-26-21)30-17-6-8-22(16(2)11-17)34-19-9-10-32-15-28-31-23(32)13-19/h5-15H,1-2H3,(H,29,33)(H,26,27,30). The Morgan fingerprint density at radius 2 is 1.94 bits per heavy atom. The largest absolute Gasteiger partial charge is 0.457 e. The van der Waals surface area contributed by atoms with Crippen molar-refractivity contribution in [2.24, 2.45) is 0 Å². The first-order valence-electron chi connectivity index (χ1n) is 10.4. The van der Waals surface area contributed by atoms with E-state index in [2.05, 4.69) is 42.6 Å². The molecule has 0 atom stereocenters. The van der Waals surface area contributed by atoms with Gasteiger partial charge < -0.3 is 15.4 Å². The number of aromatic nitrogens is 5. The summed E-state index contributed by atoms with van der Waals surface area (Å²) in [5.74, 6) is 6.70. The second-order valence-electron chi connectivity index (χ2n) is 7.45. The minimum atomic E-state index is -0.373. The maximum absolute atomic E-state index is 11.8. The Hall–Kier alpha value is -4.97. The van der Waals surface area contributed by atoms with E-state index in [1.807, 2.05) is 60.0 Å². The summed E-state index contributed by atoms with van der Waals surface area (Å²) in [7, 11) is 0. The summed E-state index contributed by atoms with van der Waals surface area (Å²) in [6.07, 6.45) is 4.98. The molecule has 0 aliphatic carbocycles. The monoisotopic (exact) mass is 449 g/mol. The maximum Gasteiger partial charge on any atom is 0.300 e. The lowest BCUT2D eigenvalue weighted by atomic mass is 10.1. The van der Waals surface area contributed by atoms with Crippen molar-refractivity contribution in [1.82, 2.24) is 24.6 Å². The molecule has 2 aromatic carbocycles. The minimum absolute atomic E-state index is 0.373. The number of aryl methyl sites for hydroxylation is 1. The Morgan fingerprint density at radius 1 is 1.06 bits per heavy atom. The Kier molecular flexibility index (Phi) is 5.46. The molecule has 0 bridgehead atoms. The zero-order valence-corrected chi connectivity index (χ0v) is 18.4. The van der Waals surface area contributed by atoms with Gasteiger partial charge in [-0.25, -0.2) is 9.97 Å². The van der Waals surface area contributed by atoms with Gasteiger partial charge in [0, 0.05) is 29.0 Å². The minimum Gasteiger partial charge on any atom is -0.457 e. The van der Waals surface area contributed by atoms with E-state index in [9.17, 15) is 4.79 Å². The van der Waals surface area contributed by atoms with Crippen LogP contribution in [0.15, 0.2) is 67.4 Å². The van der Waals surface area contributed by atoms with Crippen LogP contribution in [0.1, 0.15) is 12.5 Å². The van der Waals surface area contributed by atoms with E-state index in [-0.39, 0.29) is 5.91 Å². The Bertz CT molecular complexity index is 1600. The molecule has 1 amide bonds. The molecule has 5 rings (SSSR count). The summed E-state index contributed by atoms with van der Waals surface area (Å²) in [6, 6.07) is 14.9. The molecule has 34 heavy (non-hydrogen) atoms. The molecular weight excluding hydrogens is 430 g/mol. The first-order chi connectivity index (χ1) is 16.6. The summed E-state index contributed by atoms with van der Waals surface area (Å²) in [6.45, 7) is 3.58. The number of carbonyl (C=O) groups excluding carboxylic acids is 1. The third kappa shape index (κ3) is 4.33. The lowest BCUT2D eigenvalue weighted by molar-refractivity contribution is -0.111. The van der Waals surface area contributed by atoms with Gasteiger partial charge in [0.15, 0.2) is 5.65 Å². The average molecular weight is 449 g/mol. The van der Waals surface area contributed by atoms with E-state index in [4.69, 9.17) is 4.74 Å². The van der Waals surface area contributed by atoms with Crippen LogP contribution in [0.2, 0.25) is 0 Å². The third-order valence-corrected chi connectivity index (χ3v) is 5.07. The van der Waals surface area contributed by atoms with Gasteiger partial charge in [-0.1, -0.05) is 5.92 Å². The number of amides is 1. The zero-order valence-electron chi connectivity index (χ0n) is 18.4. The number of pyridine rings is 1. The van der Waals surface area contributed by atoms with Crippen LogP contribution in [-0.2, 0) is 4.79 Å². The van der Waals surface area contributed by atoms with Crippen molar-refractivity contribution in [3.63, 3.8) is 0 Å². The van der Waals surface area contributed by atoms with Crippen molar-refractivity contribution in [2.75, 3.05) is 10.6 Å². The van der Waals surface area contributed by atoms with Gasteiger partial charge in [-0.3, -0.25) is 9.20 Å². The highest BCUT2D eigenvalue weighted by molar-refractivity contribution is 6.05. The molecule has 9 heteroatoms. The van der Waals surface area contributed by atoms with Crippen molar-refractivity contribution < 1.29 is 9.53 Å². The molecule has 0 aliphatic heterocycles. The molecular formula is C25H19N7O2.